The number of aromatic nitrogens is 1. The smallest absolute Gasteiger partial charge is 0.227 e. The highest BCUT2D eigenvalue weighted by Gasteiger charge is 2.22. The molecule has 0 atom stereocenters. The van der Waals surface area contributed by atoms with Crippen LogP contribution >= 0.6 is 11.3 Å². The van der Waals surface area contributed by atoms with Gasteiger partial charge in [0, 0.05) is 35.6 Å². The first-order chi connectivity index (χ1) is 13.2. The highest BCUT2D eigenvalue weighted by molar-refractivity contribution is 7.13. The van der Waals surface area contributed by atoms with E-state index in [-0.39, 0.29) is 17.6 Å². The van der Waals surface area contributed by atoms with Gasteiger partial charge in [-0.05, 0) is 31.0 Å². The second kappa shape index (κ2) is 7.98. The van der Waals surface area contributed by atoms with Crippen molar-refractivity contribution in [3.63, 3.8) is 0 Å². The topological polar surface area (TPSA) is 51.2 Å². The predicted octanol–water partition coefficient (Wildman–Crippen LogP) is 4.98. The molecule has 0 unspecified atom stereocenters. The molecule has 138 valence electrons. The fraction of sp³-hybridized carbons (Fsp3) is 0.238. The summed E-state index contributed by atoms with van der Waals surface area (Å²) in [6.07, 6.45) is 1.48. The van der Waals surface area contributed by atoms with E-state index in [1.54, 1.807) is 18.2 Å². The molecule has 4 rings (SSSR count). The molecule has 1 amide bonds. The van der Waals surface area contributed by atoms with Crippen molar-refractivity contribution in [2.75, 3.05) is 18.5 Å². The zero-order valence-electron chi connectivity index (χ0n) is 14.7. The summed E-state index contributed by atoms with van der Waals surface area (Å²) in [6.45, 7) is 1.25. The van der Waals surface area contributed by atoms with Gasteiger partial charge in [-0.15, -0.1) is 11.3 Å². The van der Waals surface area contributed by atoms with E-state index in [0.717, 1.165) is 29.8 Å². The molecular weight excluding hydrogens is 363 g/mol. The molecule has 2 heterocycles. The van der Waals surface area contributed by atoms with Crippen LogP contribution in [-0.4, -0.2) is 24.1 Å². The van der Waals surface area contributed by atoms with Gasteiger partial charge in [0.1, 0.15) is 10.8 Å². The lowest BCUT2D eigenvalue weighted by molar-refractivity contribution is -0.122. The summed E-state index contributed by atoms with van der Waals surface area (Å²) in [6, 6.07) is 14.2. The van der Waals surface area contributed by atoms with Crippen molar-refractivity contribution in [3.8, 4) is 21.8 Å². The molecule has 4 nitrogen and oxygen atoms in total. The van der Waals surface area contributed by atoms with E-state index in [1.165, 1.54) is 17.4 Å². The zero-order valence-corrected chi connectivity index (χ0v) is 15.5. The fourth-order valence-corrected chi connectivity index (χ4v) is 4.01. The van der Waals surface area contributed by atoms with E-state index in [0.29, 0.717) is 23.8 Å². The van der Waals surface area contributed by atoms with Gasteiger partial charge in [-0.1, -0.05) is 30.3 Å². The van der Waals surface area contributed by atoms with E-state index in [9.17, 15) is 9.18 Å². The van der Waals surface area contributed by atoms with Gasteiger partial charge in [-0.3, -0.25) is 4.79 Å². The van der Waals surface area contributed by atoms with E-state index in [4.69, 9.17) is 4.74 Å². The van der Waals surface area contributed by atoms with Crippen molar-refractivity contribution in [2.24, 2.45) is 5.92 Å². The third kappa shape index (κ3) is 3.91. The molecule has 0 saturated carbocycles. The Morgan fingerprint density at radius 1 is 1.07 bits per heavy atom. The molecule has 0 spiro atoms. The Balaban J connectivity index is 1.60. The predicted molar refractivity (Wildman–Crippen MR) is 105 cm³/mol. The molecule has 1 aromatic heterocycles. The summed E-state index contributed by atoms with van der Waals surface area (Å²) < 4.78 is 19.4. The molecule has 3 aromatic rings. The van der Waals surface area contributed by atoms with Crippen LogP contribution in [-0.2, 0) is 9.53 Å². The van der Waals surface area contributed by atoms with Crippen molar-refractivity contribution < 1.29 is 13.9 Å². The van der Waals surface area contributed by atoms with Gasteiger partial charge < -0.3 is 10.1 Å². The molecule has 1 N–H and O–H groups in total. The second-order valence-electron chi connectivity index (χ2n) is 6.44. The molecule has 2 aromatic carbocycles. The van der Waals surface area contributed by atoms with Crippen molar-refractivity contribution in [1.29, 1.82) is 0 Å². The molecule has 27 heavy (non-hydrogen) atoms. The number of hydrogen-bond acceptors (Lipinski definition) is 4. The maximum absolute atomic E-state index is 14.0. The number of para-hydroxylation sites is 1. The Labute approximate surface area is 161 Å². The number of nitrogens with one attached hydrogen (secondary N) is 1. The summed E-state index contributed by atoms with van der Waals surface area (Å²) in [4.78, 5) is 17.2. The minimum Gasteiger partial charge on any atom is -0.381 e. The van der Waals surface area contributed by atoms with Crippen LogP contribution in [0.2, 0.25) is 0 Å². The quantitative estimate of drug-likeness (QED) is 0.692. The van der Waals surface area contributed by atoms with Crippen LogP contribution in [0.1, 0.15) is 12.8 Å². The van der Waals surface area contributed by atoms with Crippen LogP contribution < -0.4 is 5.32 Å². The molecule has 1 aliphatic rings. The minimum atomic E-state index is -0.292. The molecular formula is C21H19FN2O2S. The van der Waals surface area contributed by atoms with Gasteiger partial charge in [-0.2, -0.15) is 0 Å². The largest absolute Gasteiger partial charge is 0.381 e. The van der Waals surface area contributed by atoms with Crippen LogP contribution in [0.3, 0.4) is 0 Å². The first kappa shape index (κ1) is 17.8. The van der Waals surface area contributed by atoms with Gasteiger partial charge in [0.25, 0.3) is 0 Å². The monoisotopic (exact) mass is 382 g/mol. The number of anilines is 1. The van der Waals surface area contributed by atoms with Crippen molar-refractivity contribution in [1.82, 2.24) is 4.98 Å². The number of carbonyl (C=O) groups excluding carboxylic acids is 1. The fourth-order valence-electron chi connectivity index (χ4n) is 3.17. The zero-order chi connectivity index (χ0) is 18.6. The lowest BCUT2D eigenvalue weighted by atomic mass is 9.99. The summed E-state index contributed by atoms with van der Waals surface area (Å²) >= 11 is 1.39. The number of hydrogen-bond donors (Lipinski definition) is 1. The van der Waals surface area contributed by atoms with Crippen molar-refractivity contribution >= 4 is 22.9 Å². The van der Waals surface area contributed by atoms with E-state index < -0.39 is 0 Å². The highest BCUT2D eigenvalue weighted by Crippen LogP contribution is 2.34. The maximum atomic E-state index is 14.0. The first-order valence-electron chi connectivity index (χ1n) is 8.91. The normalized spacial score (nSPS) is 14.9. The van der Waals surface area contributed by atoms with E-state index in [2.05, 4.69) is 10.3 Å². The standard InChI is InChI=1S/C21H19FN2O2S/c22-17-7-3-1-5-15(17)21-24-19(13-27-21)16-6-2-4-8-18(16)23-20(25)14-9-11-26-12-10-14/h1-8,13-14H,9-12H2,(H,23,25). The van der Waals surface area contributed by atoms with E-state index in [1.807, 2.05) is 29.6 Å². The van der Waals surface area contributed by atoms with Gasteiger partial charge in [-0.25, -0.2) is 9.37 Å². The van der Waals surface area contributed by atoms with Crippen molar-refractivity contribution in [2.45, 2.75) is 12.8 Å². The Morgan fingerprint density at radius 3 is 2.56 bits per heavy atom. The average Bonchev–Trinajstić information content (AvgIpc) is 3.19. The van der Waals surface area contributed by atoms with E-state index >= 15 is 0 Å². The Kier molecular flexibility index (Phi) is 5.27. The Morgan fingerprint density at radius 2 is 1.78 bits per heavy atom. The Bertz CT molecular complexity index is 951. The summed E-state index contributed by atoms with van der Waals surface area (Å²) in [7, 11) is 0. The Hall–Kier alpha value is -2.57. The van der Waals surface area contributed by atoms with Crippen LogP contribution in [0.15, 0.2) is 53.9 Å². The van der Waals surface area contributed by atoms with Gasteiger partial charge in [0.15, 0.2) is 0 Å². The SMILES string of the molecule is O=C(Nc1ccccc1-c1csc(-c2ccccc2F)n1)C1CCOCC1. The lowest BCUT2D eigenvalue weighted by Crippen LogP contribution is -2.28. The van der Waals surface area contributed by atoms with Gasteiger partial charge in [0.05, 0.1) is 11.4 Å². The summed E-state index contributed by atoms with van der Waals surface area (Å²) in [5, 5.41) is 5.54. The number of carbonyl (C=O) groups is 1. The molecule has 0 radical (unpaired) electrons. The number of ether oxygens (including phenoxy) is 1. The van der Waals surface area contributed by atoms with Crippen molar-refractivity contribution in [3.05, 3.63) is 59.7 Å². The number of amides is 1. The lowest BCUT2D eigenvalue weighted by Gasteiger charge is -2.21. The molecule has 6 heteroatoms. The number of benzene rings is 2. The molecule has 1 fully saturated rings. The minimum absolute atomic E-state index is 0.00954. The van der Waals surface area contributed by atoms with Crippen LogP contribution in [0.25, 0.3) is 21.8 Å². The summed E-state index contributed by atoms with van der Waals surface area (Å²) in [5.41, 5.74) is 2.76. The first-order valence-corrected chi connectivity index (χ1v) is 9.79. The van der Waals surface area contributed by atoms with Crippen LogP contribution in [0, 0.1) is 11.7 Å². The van der Waals surface area contributed by atoms with Crippen LogP contribution in [0.5, 0.6) is 0 Å². The number of nitrogens with zero attached hydrogens (tertiary/aromatic N) is 1. The number of thiazole rings is 1. The maximum Gasteiger partial charge on any atom is 0.227 e. The number of rotatable bonds is 4. The summed E-state index contributed by atoms with van der Waals surface area (Å²) in [5.74, 6) is -0.314. The van der Waals surface area contributed by atoms with Crippen LogP contribution in [0.4, 0.5) is 10.1 Å². The molecule has 0 bridgehead atoms. The highest BCUT2D eigenvalue weighted by atomic mass is 32.1. The van der Waals surface area contributed by atoms with Gasteiger partial charge in [0.2, 0.25) is 5.91 Å². The average molecular weight is 382 g/mol. The molecule has 0 aliphatic carbocycles. The number of halogens is 1. The third-order valence-electron chi connectivity index (χ3n) is 4.66. The second-order valence-corrected chi connectivity index (χ2v) is 7.30. The van der Waals surface area contributed by atoms with Gasteiger partial charge >= 0.3 is 0 Å². The molecule has 1 aliphatic heterocycles. The molecule has 1 saturated heterocycles. The third-order valence-corrected chi connectivity index (χ3v) is 5.54.